The first-order chi connectivity index (χ1) is 17.3. The molecule has 1 heterocycles. The quantitative estimate of drug-likeness (QED) is 0.363. The van der Waals surface area contributed by atoms with E-state index >= 15 is 0 Å². The van der Waals surface area contributed by atoms with Crippen molar-refractivity contribution >= 4 is 34.7 Å². The van der Waals surface area contributed by atoms with E-state index in [9.17, 15) is 19.7 Å². The zero-order valence-electron chi connectivity index (χ0n) is 20.1. The summed E-state index contributed by atoms with van der Waals surface area (Å²) in [5.74, 6) is -1.13. The Morgan fingerprint density at radius 2 is 1.72 bits per heavy atom. The minimum atomic E-state index is -0.696. The van der Waals surface area contributed by atoms with Gasteiger partial charge in [0.15, 0.2) is 5.78 Å². The van der Waals surface area contributed by atoms with E-state index in [2.05, 4.69) is 0 Å². The largest absolute Gasteiger partial charge is 0.507 e. The first-order valence-corrected chi connectivity index (χ1v) is 12.3. The molecule has 5 rings (SSSR count). The molecule has 36 heavy (non-hydrogen) atoms. The van der Waals surface area contributed by atoms with Crippen LogP contribution in [0.3, 0.4) is 0 Å². The van der Waals surface area contributed by atoms with Crippen LogP contribution in [0.5, 0.6) is 0 Å². The van der Waals surface area contributed by atoms with Gasteiger partial charge in [-0.3, -0.25) is 15.1 Å². The molecule has 1 aliphatic heterocycles. The number of aliphatic hydroxyl groups is 1. The number of nitrogens with zero attached hydrogens (tertiary/aromatic N) is 1. The lowest BCUT2D eigenvalue weighted by Crippen LogP contribution is -2.42. The molecule has 0 amide bonds. The third-order valence-corrected chi connectivity index (χ3v) is 7.43. The van der Waals surface area contributed by atoms with Crippen LogP contribution < -0.4 is 4.90 Å². The maximum atomic E-state index is 13.9. The second-order valence-electron chi connectivity index (χ2n) is 9.32. The van der Waals surface area contributed by atoms with Gasteiger partial charge >= 0.3 is 0 Å². The summed E-state index contributed by atoms with van der Waals surface area (Å²) in [4.78, 5) is 15.3. The smallest absolute Gasteiger partial charge is 0.161 e. The van der Waals surface area contributed by atoms with E-state index in [1.54, 1.807) is 35.2 Å². The van der Waals surface area contributed by atoms with Gasteiger partial charge in [0.05, 0.1) is 5.69 Å². The van der Waals surface area contributed by atoms with Crippen molar-refractivity contribution in [2.75, 3.05) is 4.90 Å². The predicted molar refractivity (Wildman–Crippen MR) is 142 cm³/mol. The van der Waals surface area contributed by atoms with Crippen LogP contribution in [0.2, 0.25) is 5.02 Å². The number of ketones is 1. The summed E-state index contributed by atoms with van der Waals surface area (Å²) in [5, 5.41) is 21.6. The molecule has 0 aromatic heterocycles. The molecule has 1 aliphatic carbocycles. The summed E-state index contributed by atoms with van der Waals surface area (Å²) in [6, 6.07) is 18.8. The molecule has 6 heteroatoms. The highest BCUT2D eigenvalue weighted by molar-refractivity contribution is 6.32. The minimum absolute atomic E-state index is 0.0306. The fourth-order valence-electron chi connectivity index (χ4n) is 5.15. The third kappa shape index (κ3) is 4.03. The molecule has 3 aromatic carbocycles. The van der Waals surface area contributed by atoms with Gasteiger partial charge in [-0.25, -0.2) is 4.39 Å². The molecule has 2 N–H and O–H groups in total. The van der Waals surface area contributed by atoms with E-state index in [1.807, 2.05) is 38.1 Å². The SMILES string of the molecule is Cc1ccc(/C(O)=C2\C(=N)N(c3cccc(Cl)c3C)C3=C(C(=O)CCC3)C2c2ccc(F)cc2)cc1. The fraction of sp³-hybridized carbons (Fsp3) is 0.200. The Morgan fingerprint density at radius 3 is 2.42 bits per heavy atom. The predicted octanol–water partition coefficient (Wildman–Crippen LogP) is 7.65. The summed E-state index contributed by atoms with van der Waals surface area (Å²) in [5.41, 5.74) is 5.29. The molecule has 1 unspecified atom stereocenters. The van der Waals surface area contributed by atoms with Crippen LogP contribution in [0.15, 0.2) is 83.6 Å². The van der Waals surface area contributed by atoms with Gasteiger partial charge in [-0.2, -0.15) is 0 Å². The Hall–Kier alpha value is -3.70. The zero-order valence-corrected chi connectivity index (χ0v) is 20.9. The third-order valence-electron chi connectivity index (χ3n) is 7.02. The monoisotopic (exact) mass is 500 g/mol. The first kappa shape index (κ1) is 24.0. The molecule has 4 nitrogen and oxygen atoms in total. The van der Waals surface area contributed by atoms with Crippen LogP contribution in [0, 0.1) is 25.1 Å². The molecule has 0 saturated heterocycles. The fourth-order valence-corrected chi connectivity index (χ4v) is 5.32. The molecule has 1 atom stereocenters. The number of carbonyl (C=O) groups is 1. The van der Waals surface area contributed by atoms with Crippen molar-refractivity contribution in [2.24, 2.45) is 0 Å². The summed E-state index contributed by atoms with van der Waals surface area (Å²) in [7, 11) is 0. The second kappa shape index (κ2) is 9.40. The Labute approximate surface area is 214 Å². The summed E-state index contributed by atoms with van der Waals surface area (Å²) in [6.07, 6.45) is 1.65. The zero-order chi connectivity index (χ0) is 25.6. The Bertz CT molecular complexity index is 1440. The number of allylic oxidation sites excluding steroid dienone is 2. The lowest BCUT2D eigenvalue weighted by molar-refractivity contribution is -0.116. The van der Waals surface area contributed by atoms with Gasteiger partial charge in [0.1, 0.15) is 17.4 Å². The topological polar surface area (TPSA) is 64.4 Å². The van der Waals surface area contributed by atoms with Gasteiger partial charge in [0.25, 0.3) is 0 Å². The van der Waals surface area contributed by atoms with Crippen molar-refractivity contribution in [3.63, 3.8) is 0 Å². The van der Waals surface area contributed by atoms with Gasteiger partial charge in [0.2, 0.25) is 0 Å². The van der Waals surface area contributed by atoms with Crippen LogP contribution in [0.1, 0.15) is 47.4 Å². The standard InChI is InChI=1S/C30H26ClFN2O2/c1-17-9-11-20(12-10-17)29(36)28-26(19-13-15-21(32)16-14-19)27-24(7-4-8-25(27)35)34(30(28)33)23-6-3-5-22(31)18(23)2/h3,5-6,9-16,26,33,36H,4,7-8H2,1-2H3/b29-28+,33-30?. The lowest BCUT2D eigenvalue weighted by atomic mass is 9.73. The molecular formula is C30H26ClFN2O2. The Kier molecular flexibility index (Phi) is 6.27. The summed E-state index contributed by atoms with van der Waals surface area (Å²) in [6.45, 7) is 3.84. The van der Waals surface area contributed by atoms with Crippen LogP contribution in [-0.4, -0.2) is 16.7 Å². The molecule has 0 radical (unpaired) electrons. The van der Waals surface area contributed by atoms with E-state index in [4.69, 9.17) is 11.6 Å². The number of carbonyl (C=O) groups excluding carboxylic acids is 1. The Balaban J connectivity index is 1.85. The number of Topliss-reactive ketones (excluding diaryl/α,β-unsaturated/α-hetero) is 1. The van der Waals surface area contributed by atoms with E-state index in [-0.39, 0.29) is 17.4 Å². The number of aliphatic hydroxyl groups excluding tert-OH is 1. The van der Waals surface area contributed by atoms with Gasteiger partial charge in [-0.05, 0) is 62.1 Å². The summed E-state index contributed by atoms with van der Waals surface area (Å²) >= 11 is 6.46. The van der Waals surface area contributed by atoms with E-state index in [0.717, 1.165) is 16.8 Å². The first-order valence-electron chi connectivity index (χ1n) is 11.9. The molecule has 0 saturated carbocycles. The van der Waals surface area contributed by atoms with Crippen LogP contribution in [0.25, 0.3) is 5.76 Å². The van der Waals surface area contributed by atoms with Crippen molar-refractivity contribution in [1.82, 2.24) is 0 Å². The second-order valence-corrected chi connectivity index (χ2v) is 9.73. The average Bonchev–Trinajstić information content (AvgIpc) is 2.86. The maximum absolute atomic E-state index is 13.9. The van der Waals surface area contributed by atoms with Crippen molar-refractivity contribution in [1.29, 1.82) is 5.41 Å². The van der Waals surface area contributed by atoms with E-state index in [0.29, 0.717) is 52.2 Å². The molecule has 0 fully saturated rings. The molecule has 2 aliphatic rings. The maximum Gasteiger partial charge on any atom is 0.161 e. The van der Waals surface area contributed by atoms with Crippen molar-refractivity contribution < 1.29 is 14.3 Å². The summed E-state index contributed by atoms with van der Waals surface area (Å²) < 4.78 is 13.9. The van der Waals surface area contributed by atoms with Crippen molar-refractivity contribution in [2.45, 2.75) is 39.0 Å². The minimum Gasteiger partial charge on any atom is -0.507 e. The van der Waals surface area contributed by atoms with Crippen LogP contribution in [-0.2, 0) is 4.79 Å². The lowest BCUT2D eigenvalue weighted by Gasteiger charge is -2.42. The van der Waals surface area contributed by atoms with Crippen molar-refractivity contribution in [3.05, 3.63) is 117 Å². The van der Waals surface area contributed by atoms with Gasteiger partial charge in [-0.1, -0.05) is 59.6 Å². The van der Waals surface area contributed by atoms with E-state index in [1.165, 1.54) is 12.1 Å². The van der Waals surface area contributed by atoms with E-state index < -0.39 is 11.7 Å². The normalized spacial score (nSPS) is 19.4. The highest BCUT2D eigenvalue weighted by atomic mass is 35.5. The number of amidine groups is 1. The molecular weight excluding hydrogens is 475 g/mol. The highest BCUT2D eigenvalue weighted by Crippen LogP contribution is 2.48. The number of rotatable bonds is 3. The molecule has 3 aromatic rings. The van der Waals surface area contributed by atoms with Gasteiger partial charge < -0.3 is 5.11 Å². The van der Waals surface area contributed by atoms with Crippen molar-refractivity contribution in [3.8, 4) is 0 Å². The van der Waals surface area contributed by atoms with Crippen LogP contribution >= 0.6 is 11.6 Å². The van der Waals surface area contributed by atoms with Gasteiger partial charge in [0, 0.05) is 39.8 Å². The highest BCUT2D eigenvalue weighted by Gasteiger charge is 2.43. The average molecular weight is 501 g/mol. The molecule has 182 valence electrons. The number of benzene rings is 3. The number of hydrogen-bond acceptors (Lipinski definition) is 3. The number of hydrogen-bond donors (Lipinski definition) is 2. The van der Waals surface area contributed by atoms with Crippen LogP contribution in [0.4, 0.5) is 10.1 Å². The van der Waals surface area contributed by atoms with Gasteiger partial charge in [-0.15, -0.1) is 0 Å². The number of nitrogens with one attached hydrogen (secondary N) is 1. The molecule has 0 bridgehead atoms. The Morgan fingerprint density at radius 1 is 1.03 bits per heavy atom. The number of halogens is 2. The number of aryl methyl sites for hydroxylation is 1. The number of anilines is 1. The molecule has 0 spiro atoms.